The van der Waals surface area contributed by atoms with E-state index in [0.29, 0.717) is 5.56 Å². The maximum absolute atomic E-state index is 12.9. The number of hydrogen-bond acceptors (Lipinski definition) is 2. The lowest BCUT2D eigenvalue weighted by Crippen LogP contribution is -2.28. The number of rotatable bonds is 4. The standard InChI is InChI=1S/C21H23N3O/c1-14-10-8-9-13-19(14)15(2)22-21(25)20-16(3)23-24(17(20)4)18-11-6-5-7-12-18/h5-13,15H,1-4H3,(H,22,25). The quantitative estimate of drug-likeness (QED) is 0.774. The molecule has 1 amide bonds. The second-order valence-corrected chi connectivity index (χ2v) is 6.34. The van der Waals surface area contributed by atoms with Crippen LogP contribution in [-0.2, 0) is 0 Å². The number of aromatic nitrogens is 2. The highest BCUT2D eigenvalue weighted by Gasteiger charge is 2.21. The number of benzene rings is 2. The number of carbonyl (C=O) groups excluding carboxylic acids is 1. The van der Waals surface area contributed by atoms with E-state index in [-0.39, 0.29) is 11.9 Å². The molecule has 0 aliphatic heterocycles. The normalized spacial score (nSPS) is 12.0. The minimum atomic E-state index is -0.0899. The maximum atomic E-state index is 12.9. The van der Waals surface area contributed by atoms with Gasteiger partial charge in [-0.3, -0.25) is 4.79 Å². The molecule has 1 aromatic heterocycles. The Balaban J connectivity index is 1.88. The first kappa shape index (κ1) is 17.0. The molecule has 128 valence electrons. The number of nitrogens with one attached hydrogen (secondary N) is 1. The van der Waals surface area contributed by atoms with Gasteiger partial charge in [0.05, 0.1) is 28.7 Å². The third kappa shape index (κ3) is 3.33. The Morgan fingerprint density at radius 2 is 1.64 bits per heavy atom. The number of hydrogen-bond donors (Lipinski definition) is 1. The fourth-order valence-electron chi connectivity index (χ4n) is 3.21. The van der Waals surface area contributed by atoms with Gasteiger partial charge in [0.2, 0.25) is 0 Å². The van der Waals surface area contributed by atoms with Gasteiger partial charge in [0, 0.05) is 0 Å². The minimum absolute atomic E-state index is 0.0624. The molecule has 0 spiro atoms. The zero-order valence-electron chi connectivity index (χ0n) is 15.1. The second kappa shape index (κ2) is 6.93. The van der Waals surface area contributed by atoms with E-state index >= 15 is 0 Å². The molecule has 1 heterocycles. The molecule has 25 heavy (non-hydrogen) atoms. The van der Waals surface area contributed by atoms with Crippen LogP contribution in [0.15, 0.2) is 54.6 Å². The third-order valence-electron chi connectivity index (χ3n) is 4.52. The number of nitrogens with zero attached hydrogens (tertiary/aromatic N) is 2. The fraction of sp³-hybridized carbons (Fsp3) is 0.238. The van der Waals surface area contributed by atoms with Crippen LogP contribution >= 0.6 is 0 Å². The zero-order chi connectivity index (χ0) is 18.0. The van der Waals surface area contributed by atoms with E-state index in [1.807, 2.05) is 74.0 Å². The highest BCUT2D eigenvalue weighted by molar-refractivity contribution is 5.96. The predicted molar refractivity (Wildman–Crippen MR) is 100 cm³/mol. The Labute approximate surface area is 148 Å². The van der Waals surface area contributed by atoms with Crippen LogP contribution in [-0.4, -0.2) is 15.7 Å². The van der Waals surface area contributed by atoms with Crippen molar-refractivity contribution < 1.29 is 4.79 Å². The van der Waals surface area contributed by atoms with Crippen molar-refractivity contribution in [3.05, 3.63) is 82.7 Å². The Morgan fingerprint density at radius 1 is 1.00 bits per heavy atom. The summed E-state index contributed by atoms with van der Waals surface area (Å²) in [5, 5.41) is 7.66. The molecule has 3 rings (SSSR count). The summed E-state index contributed by atoms with van der Waals surface area (Å²) in [5.74, 6) is -0.0899. The van der Waals surface area contributed by atoms with Crippen molar-refractivity contribution in [1.82, 2.24) is 15.1 Å². The van der Waals surface area contributed by atoms with Crippen LogP contribution in [0.2, 0.25) is 0 Å². The Hall–Kier alpha value is -2.88. The maximum Gasteiger partial charge on any atom is 0.255 e. The first-order valence-corrected chi connectivity index (χ1v) is 8.47. The van der Waals surface area contributed by atoms with Crippen LogP contribution in [0.25, 0.3) is 5.69 Å². The van der Waals surface area contributed by atoms with Gasteiger partial charge in [-0.25, -0.2) is 4.68 Å². The third-order valence-corrected chi connectivity index (χ3v) is 4.52. The molecule has 1 N–H and O–H groups in total. The van der Waals surface area contributed by atoms with Gasteiger partial charge < -0.3 is 5.32 Å². The predicted octanol–water partition coefficient (Wildman–Crippen LogP) is 4.29. The molecular formula is C21H23N3O. The minimum Gasteiger partial charge on any atom is -0.345 e. The van der Waals surface area contributed by atoms with Crippen molar-refractivity contribution in [3.63, 3.8) is 0 Å². The largest absolute Gasteiger partial charge is 0.345 e. The van der Waals surface area contributed by atoms with E-state index in [1.165, 1.54) is 5.56 Å². The molecule has 1 atom stereocenters. The number of para-hydroxylation sites is 1. The van der Waals surface area contributed by atoms with Gasteiger partial charge in [-0.2, -0.15) is 5.10 Å². The number of amides is 1. The van der Waals surface area contributed by atoms with E-state index < -0.39 is 0 Å². The van der Waals surface area contributed by atoms with Gasteiger partial charge >= 0.3 is 0 Å². The summed E-state index contributed by atoms with van der Waals surface area (Å²) in [7, 11) is 0. The van der Waals surface area contributed by atoms with E-state index in [0.717, 1.165) is 22.6 Å². The molecule has 0 radical (unpaired) electrons. The number of aryl methyl sites for hydroxylation is 2. The van der Waals surface area contributed by atoms with Crippen molar-refractivity contribution in [2.45, 2.75) is 33.7 Å². The van der Waals surface area contributed by atoms with Gasteiger partial charge in [0.1, 0.15) is 0 Å². The Kier molecular flexibility index (Phi) is 4.70. The van der Waals surface area contributed by atoms with E-state index in [1.54, 1.807) is 0 Å². The van der Waals surface area contributed by atoms with Crippen molar-refractivity contribution in [1.29, 1.82) is 0 Å². The average molecular weight is 333 g/mol. The van der Waals surface area contributed by atoms with Crippen LogP contribution in [0, 0.1) is 20.8 Å². The summed E-state index contributed by atoms with van der Waals surface area (Å²) in [6.45, 7) is 7.87. The number of carbonyl (C=O) groups is 1. The molecule has 0 aliphatic carbocycles. The summed E-state index contributed by atoms with van der Waals surface area (Å²) in [6.07, 6.45) is 0. The molecule has 4 nitrogen and oxygen atoms in total. The Bertz CT molecular complexity index is 897. The molecule has 1 unspecified atom stereocenters. The van der Waals surface area contributed by atoms with Gasteiger partial charge in [-0.15, -0.1) is 0 Å². The summed E-state index contributed by atoms with van der Waals surface area (Å²) in [5.41, 5.74) is 5.47. The molecule has 3 aromatic rings. The van der Waals surface area contributed by atoms with Gasteiger partial charge in [-0.1, -0.05) is 42.5 Å². The van der Waals surface area contributed by atoms with E-state index in [2.05, 4.69) is 23.4 Å². The van der Waals surface area contributed by atoms with Crippen LogP contribution < -0.4 is 5.32 Å². The summed E-state index contributed by atoms with van der Waals surface area (Å²) >= 11 is 0. The molecular weight excluding hydrogens is 310 g/mol. The van der Waals surface area contributed by atoms with Crippen LogP contribution in [0.4, 0.5) is 0 Å². The second-order valence-electron chi connectivity index (χ2n) is 6.34. The van der Waals surface area contributed by atoms with Gasteiger partial charge in [0.15, 0.2) is 0 Å². The molecule has 0 saturated carbocycles. The summed E-state index contributed by atoms with van der Waals surface area (Å²) < 4.78 is 1.82. The monoisotopic (exact) mass is 333 g/mol. The highest BCUT2D eigenvalue weighted by atomic mass is 16.1. The molecule has 0 bridgehead atoms. The van der Waals surface area contributed by atoms with Crippen LogP contribution in [0.5, 0.6) is 0 Å². The van der Waals surface area contributed by atoms with Gasteiger partial charge in [0.25, 0.3) is 5.91 Å². The van der Waals surface area contributed by atoms with Crippen molar-refractivity contribution in [2.24, 2.45) is 0 Å². The Morgan fingerprint density at radius 3 is 2.32 bits per heavy atom. The van der Waals surface area contributed by atoms with E-state index in [4.69, 9.17) is 0 Å². The summed E-state index contributed by atoms with van der Waals surface area (Å²) in [4.78, 5) is 12.9. The first-order valence-electron chi connectivity index (χ1n) is 8.47. The zero-order valence-corrected chi connectivity index (χ0v) is 15.1. The van der Waals surface area contributed by atoms with Gasteiger partial charge in [-0.05, 0) is 51.0 Å². The smallest absolute Gasteiger partial charge is 0.255 e. The fourth-order valence-corrected chi connectivity index (χ4v) is 3.21. The lowest BCUT2D eigenvalue weighted by Gasteiger charge is -2.16. The van der Waals surface area contributed by atoms with Crippen LogP contribution in [0.1, 0.15) is 45.8 Å². The van der Waals surface area contributed by atoms with Crippen molar-refractivity contribution in [3.8, 4) is 5.69 Å². The first-order chi connectivity index (χ1) is 12.0. The molecule has 4 heteroatoms. The SMILES string of the molecule is Cc1ccccc1C(C)NC(=O)c1c(C)nn(-c2ccccc2)c1C. The topological polar surface area (TPSA) is 46.9 Å². The van der Waals surface area contributed by atoms with Crippen molar-refractivity contribution in [2.75, 3.05) is 0 Å². The lowest BCUT2D eigenvalue weighted by molar-refractivity contribution is 0.0938. The highest BCUT2D eigenvalue weighted by Crippen LogP contribution is 2.21. The average Bonchev–Trinajstić information content (AvgIpc) is 2.90. The molecule has 0 saturated heterocycles. The van der Waals surface area contributed by atoms with Crippen LogP contribution in [0.3, 0.4) is 0 Å². The molecule has 0 fully saturated rings. The molecule has 2 aromatic carbocycles. The molecule has 0 aliphatic rings. The lowest BCUT2D eigenvalue weighted by atomic mass is 10.0. The summed E-state index contributed by atoms with van der Waals surface area (Å²) in [6, 6.07) is 17.9. The van der Waals surface area contributed by atoms with E-state index in [9.17, 15) is 4.79 Å². The van der Waals surface area contributed by atoms with Crippen molar-refractivity contribution >= 4 is 5.91 Å².